The van der Waals surface area contributed by atoms with Crippen molar-refractivity contribution in [1.29, 1.82) is 0 Å². The molecule has 0 radical (unpaired) electrons. The fourth-order valence-electron chi connectivity index (χ4n) is 4.81. The molecule has 1 fully saturated rings. The van der Waals surface area contributed by atoms with Crippen LogP contribution in [0.5, 0.6) is 5.75 Å². The largest absolute Gasteiger partial charge is 0.496 e. The zero-order valence-electron chi connectivity index (χ0n) is 20.8. The molecule has 9 nitrogen and oxygen atoms in total. The highest BCUT2D eigenvalue weighted by Gasteiger charge is 2.55. The van der Waals surface area contributed by atoms with Crippen molar-refractivity contribution in [3.63, 3.8) is 0 Å². The second kappa shape index (κ2) is 9.74. The molecule has 5 rings (SSSR count). The fourth-order valence-corrected chi connectivity index (χ4v) is 5.18. The van der Waals surface area contributed by atoms with Crippen molar-refractivity contribution in [3.8, 4) is 11.4 Å². The standard InChI is InChI=1S/C27H24Cl2N4O5/c1-27(2)23(33-25(35)32(26(36)38-33)21-12-7-10-19(29)15-21)31(20-11-6-9-18(28)14-20)24(34)30(27)16-17-8-4-5-13-22(17)37-3/h4-15,23H,16H2,1-3H3/t23-/m1/s1. The second-order valence-corrected chi connectivity index (χ2v) is 10.2. The molecule has 196 valence electrons. The molecule has 11 heteroatoms. The summed E-state index contributed by atoms with van der Waals surface area (Å²) in [6.07, 6.45) is -1.04. The van der Waals surface area contributed by atoms with Gasteiger partial charge in [-0.2, -0.15) is 4.57 Å². The Morgan fingerprint density at radius 2 is 1.53 bits per heavy atom. The number of nitrogens with zero attached hydrogens (tertiary/aromatic N) is 4. The molecule has 1 aromatic heterocycles. The van der Waals surface area contributed by atoms with Crippen LogP contribution < -0.4 is 21.1 Å². The van der Waals surface area contributed by atoms with E-state index in [0.29, 0.717) is 21.5 Å². The third-order valence-corrected chi connectivity index (χ3v) is 7.11. The van der Waals surface area contributed by atoms with E-state index in [0.717, 1.165) is 14.9 Å². The highest BCUT2D eigenvalue weighted by atomic mass is 35.5. The molecule has 38 heavy (non-hydrogen) atoms. The van der Waals surface area contributed by atoms with Crippen LogP contribution in [0.3, 0.4) is 0 Å². The highest BCUT2D eigenvalue weighted by molar-refractivity contribution is 6.31. The zero-order chi connectivity index (χ0) is 27.2. The van der Waals surface area contributed by atoms with Crippen LogP contribution in [0.1, 0.15) is 25.6 Å². The first kappa shape index (κ1) is 25.7. The summed E-state index contributed by atoms with van der Waals surface area (Å²) >= 11 is 12.4. The SMILES string of the molecule is COc1ccccc1CN1C(=O)N(c2cccc(Cl)c2)[C@H](n2oc(=O)n(-c3cccc(Cl)c3)c2=O)C1(C)C. The summed E-state index contributed by atoms with van der Waals surface area (Å²) in [4.78, 5) is 43.7. The molecule has 0 N–H and O–H groups in total. The van der Waals surface area contributed by atoms with Gasteiger partial charge in [0.2, 0.25) is 0 Å². The Bertz CT molecular complexity index is 1640. The number of carbonyl (C=O) groups is 1. The zero-order valence-corrected chi connectivity index (χ0v) is 22.3. The first-order chi connectivity index (χ1) is 18.1. The number of aromatic nitrogens is 2. The van der Waals surface area contributed by atoms with Gasteiger partial charge in [-0.1, -0.05) is 53.5 Å². The Balaban J connectivity index is 1.69. The number of hydrogen-bond acceptors (Lipinski definition) is 5. The predicted molar refractivity (Wildman–Crippen MR) is 145 cm³/mol. The molecular weight excluding hydrogens is 531 g/mol. The first-order valence-electron chi connectivity index (χ1n) is 11.7. The molecule has 1 aliphatic heterocycles. The summed E-state index contributed by atoms with van der Waals surface area (Å²) in [5.41, 5.74) is -0.339. The number of hydrogen-bond donors (Lipinski definition) is 0. The van der Waals surface area contributed by atoms with E-state index in [1.807, 2.05) is 24.3 Å². The van der Waals surface area contributed by atoms with Gasteiger partial charge in [0.25, 0.3) is 0 Å². The summed E-state index contributed by atoms with van der Waals surface area (Å²) < 4.78 is 12.8. The Hall–Kier alpha value is -3.95. The van der Waals surface area contributed by atoms with Crippen LogP contribution >= 0.6 is 23.2 Å². The minimum absolute atomic E-state index is 0.178. The van der Waals surface area contributed by atoms with Gasteiger partial charge in [-0.05, 0) is 56.3 Å². The second-order valence-electron chi connectivity index (χ2n) is 9.34. The first-order valence-corrected chi connectivity index (χ1v) is 12.5. The molecule has 2 heterocycles. The average molecular weight is 555 g/mol. The normalized spacial score (nSPS) is 16.8. The van der Waals surface area contributed by atoms with E-state index >= 15 is 0 Å². The van der Waals surface area contributed by atoms with Crippen molar-refractivity contribution in [2.45, 2.75) is 32.1 Å². The van der Waals surface area contributed by atoms with Crippen molar-refractivity contribution in [2.24, 2.45) is 0 Å². The van der Waals surface area contributed by atoms with Gasteiger partial charge in [-0.25, -0.2) is 14.4 Å². The number of urea groups is 1. The number of carbonyl (C=O) groups excluding carboxylic acids is 1. The van der Waals surface area contributed by atoms with E-state index in [2.05, 4.69) is 0 Å². The van der Waals surface area contributed by atoms with Crippen molar-refractivity contribution in [3.05, 3.63) is 109 Å². The van der Waals surface area contributed by atoms with Crippen LogP contribution in [0.25, 0.3) is 5.69 Å². The lowest BCUT2D eigenvalue weighted by Crippen LogP contribution is -2.46. The lowest BCUT2D eigenvalue weighted by Gasteiger charge is -2.34. The molecule has 1 saturated heterocycles. The van der Waals surface area contributed by atoms with Crippen molar-refractivity contribution >= 4 is 34.9 Å². The van der Waals surface area contributed by atoms with E-state index in [1.54, 1.807) is 68.3 Å². The monoisotopic (exact) mass is 554 g/mol. The van der Waals surface area contributed by atoms with Crippen LogP contribution in [0.2, 0.25) is 10.0 Å². The number of methoxy groups -OCH3 is 1. The number of ether oxygens (including phenoxy) is 1. The molecule has 2 amide bonds. The lowest BCUT2D eigenvalue weighted by molar-refractivity contribution is 0.0927. The van der Waals surface area contributed by atoms with Crippen LogP contribution in [-0.4, -0.2) is 32.9 Å². The number of para-hydroxylation sites is 1. The molecule has 1 atom stereocenters. The van der Waals surface area contributed by atoms with Crippen molar-refractivity contribution in [2.75, 3.05) is 12.0 Å². The van der Waals surface area contributed by atoms with Gasteiger partial charge in [0.15, 0.2) is 6.17 Å². The summed E-state index contributed by atoms with van der Waals surface area (Å²) in [7, 11) is 1.56. The molecule has 3 aromatic carbocycles. The van der Waals surface area contributed by atoms with Crippen LogP contribution in [-0.2, 0) is 6.54 Å². The third-order valence-electron chi connectivity index (χ3n) is 6.64. The molecule has 0 spiro atoms. The predicted octanol–water partition coefficient (Wildman–Crippen LogP) is 5.33. The molecule has 0 aliphatic carbocycles. The Morgan fingerprint density at radius 3 is 2.18 bits per heavy atom. The number of halogens is 2. The van der Waals surface area contributed by atoms with E-state index in [-0.39, 0.29) is 12.2 Å². The van der Waals surface area contributed by atoms with Crippen molar-refractivity contribution in [1.82, 2.24) is 14.2 Å². The third kappa shape index (κ3) is 4.27. The van der Waals surface area contributed by atoms with E-state index in [1.165, 1.54) is 11.0 Å². The number of benzene rings is 3. The molecule has 4 aromatic rings. The topological polar surface area (TPSA) is 89.9 Å². The Labute approximate surface area is 227 Å². The summed E-state index contributed by atoms with van der Waals surface area (Å²) in [5.74, 6) is -0.292. The van der Waals surface area contributed by atoms with Gasteiger partial charge in [0.05, 0.1) is 24.9 Å². The molecule has 0 unspecified atom stereocenters. The molecule has 1 aliphatic rings. The highest BCUT2D eigenvalue weighted by Crippen LogP contribution is 2.44. The van der Waals surface area contributed by atoms with Gasteiger partial charge in [0.1, 0.15) is 5.75 Å². The quantitative estimate of drug-likeness (QED) is 0.321. The van der Waals surface area contributed by atoms with E-state index in [9.17, 15) is 14.4 Å². The number of rotatable bonds is 6. The maximum absolute atomic E-state index is 14.0. The Kier molecular flexibility index (Phi) is 6.58. The van der Waals surface area contributed by atoms with Gasteiger partial charge >= 0.3 is 17.5 Å². The average Bonchev–Trinajstić information content (AvgIpc) is 3.27. The van der Waals surface area contributed by atoms with Crippen molar-refractivity contribution < 1.29 is 14.1 Å². The number of amides is 2. The lowest BCUT2D eigenvalue weighted by atomic mass is 9.99. The summed E-state index contributed by atoms with van der Waals surface area (Å²) in [6, 6.07) is 20.0. The van der Waals surface area contributed by atoms with Gasteiger partial charge in [0, 0.05) is 21.3 Å². The summed E-state index contributed by atoms with van der Waals surface area (Å²) in [6.45, 7) is 3.79. The van der Waals surface area contributed by atoms with Gasteiger partial charge in [-0.3, -0.25) is 4.90 Å². The van der Waals surface area contributed by atoms with Crippen LogP contribution in [0.15, 0.2) is 86.9 Å². The fraction of sp³-hybridized carbons (Fsp3) is 0.222. The maximum atomic E-state index is 14.0. The minimum Gasteiger partial charge on any atom is -0.496 e. The summed E-state index contributed by atoms with van der Waals surface area (Å²) in [5, 5.41) is 0.752. The maximum Gasteiger partial charge on any atom is 0.447 e. The van der Waals surface area contributed by atoms with E-state index < -0.39 is 29.2 Å². The minimum atomic E-state index is -1.04. The Morgan fingerprint density at radius 1 is 0.895 bits per heavy atom. The van der Waals surface area contributed by atoms with Crippen LogP contribution in [0.4, 0.5) is 10.5 Å². The molecular formula is C27H24Cl2N4O5. The molecule has 0 saturated carbocycles. The number of anilines is 1. The van der Waals surface area contributed by atoms with Crippen LogP contribution in [0, 0.1) is 0 Å². The smallest absolute Gasteiger partial charge is 0.447 e. The van der Waals surface area contributed by atoms with Gasteiger partial charge in [-0.15, -0.1) is 4.74 Å². The molecule has 0 bridgehead atoms. The van der Waals surface area contributed by atoms with E-state index in [4.69, 9.17) is 32.5 Å². The van der Waals surface area contributed by atoms with Gasteiger partial charge < -0.3 is 14.2 Å².